The molecule has 0 aliphatic carbocycles. The molecule has 20 heavy (non-hydrogen) atoms. The van der Waals surface area contributed by atoms with E-state index >= 15 is 0 Å². The van der Waals surface area contributed by atoms with Crippen LogP contribution in [-0.2, 0) is 0 Å². The lowest BCUT2D eigenvalue weighted by Crippen LogP contribution is -2.13. The largest absolute Gasteiger partial charge is 0.478 e. The van der Waals surface area contributed by atoms with Crippen LogP contribution in [0, 0.1) is 0 Å². The standard InChI is InChI=1S/C13H8BrClN2O3/c14-10-4-3-7(6-9(10)13(19)20)17-12(18)8-2-1-5-16-11(8)15/h1-6H,(H,17,18)(H,19,20). The van der Waals surface area contributed by atoms with Crippen molar-refractivity contribution in [3.8, 4) is 0 Å². The van der Waals surface area contributed by atoms with E-state index in [1.807, 2.05) is 0 Å². The predicted molar refractivity (Wildman–Crippen MR) is 78.3 cm³/mol. The third kappa shape index (κ3) is 3.15. The molecule has 2 N–H and O–H groups in total. The van der Waals surface area contributed by atoms with E-state index in [0.717, 1.165) is 0 Å². The summed E-state index contributed by atoms with van der Waals surface area (Å²) in [7, 11) is 0. The molecule has 102 valence electrons. The van der Waals surface area contributed by atoms with Crippen molar-refractivity contribution in [3.63, 3.8) is 0 Å². The molecule has 1 heterocycles. The maximum atomic E-state index is 12.0. The molecule has 1 aromatic carbocycles. The molecule has 2 rings (SSSR count). The smallest absolute Gasteiger partial charge is 0.336 e. The van der Waals surface area contributed by atoms with Crippen molar-refractivity contribution >= 4 is 45.1 Å². The lowest BCUT2D eigenvalue weighted by atomic mass is 10.2. The number of nitrogens with zero attached hydrogens (tertiary/aromatic N) is 1. The van der Waals surface area contributed by atoms with Crippen molar-refractivity contribution in [2.24, 2.45) is 0 Å². The molecule has 0 saturated heterocycles. The Labute approximate surface area is 127 Å². The van der Waals surface area contributed by atoms with Gasteiger partial charge in [-0.15, -0.1) is 0 Å². The maximum absolute atomic E-state index is 12.0. The average molecular weight is 356 g/mol. The number of carboxylic acids is 1. The Morgan fingerprint density at radius 2 is 2.00 bits per heavy atom. The fourth-order valence-corrected chi connectivity index (χ4v) is 2.14. The van der Waals surface area contributed by atoms with E-state index in [9.17, 15) is 9.59 Å². The van der Waals surface area contributed by atoms with Gasteiger partial charge in [-0.05, 0) is 46.3 Å². The third-order valence-electron chi connectivity index (χ3n) is 2.46. The zero-order valence-corrected chi connectivity index (χ0v) is 12.3. The van der Waals surface area contributed by atoms with Crippen LogP contribution < -0.4 is 5.32 Å². The molecule has 0 saturated carbocycles. The molecule has 7 heteroatoms. The van der Waals surface area contributed by atoms with Crippen LogP contribution in [0.3, 0.4) is 0 Å². The number of pyridine rings is 1. The summed E-state index contributed by atoms with van der Waals surface area (Å²) in [6, 6.07) is 7.60. The van der Waals surface area contributed by atoms with Crippen molar-refractivity contribution in [2.45, 2.75) is 0 Å². The summed E-state index contributed by atoms with van der Waals surface area (Å²) in [4.78, 5) is 26.8. The number of aromatic nitrogens is 1. The Hall–Kier alpha value is -1.92. The number of rotatable bonds is 3. The fraction of sp³-hybridized carbons (Fsp3) is 0. The minimum atomic E-state index is -1.09. The number of anilines is 1. The number of hydrogen-bond acceptors (Lipinski definition) is 3. The van der Waals surface area contributed by atoms with Gasteiger partial charge in [0.15, 0.2) is 0 Å². The quantitative estimate of drug-likeness (QED) is 0.827. The molecule has 0 aliphatic rings. The van der Waals surface area contributed by atoms with Crippen LogP contribution in [-0.4, -0.2) is 22.0 Å². The molecule has 2 aromatic rings. The van der Waals surface area contributed by atoms with Gasteiger partial charge < -0.3 is 10.4 Å². The lowest BCUT2D eigenvalue weighted by molar-refractivity contribution is 0.0695. The van der Waals surface area contributed by atoms with Gasteiger partial charge in [-0.3, -0.25) is 4.79 Å². The van der Waals surface area contributed by atoms with E-state index in [-0.39, 0.29) is 16.3 Å². The monoisotopic (exact) mass is 354 g/mol. The summed E-state index contributed by atoms with van der Waals surface area (Å²) in [6.07, 6.45) is 1.47. The van der Waals surface area contributed by atoms with E-state index < -0.39 is 11.9 Å². The molecule has 0 unspecified atom stereocenters. The van der Waals surface area contributed by atoms with E-state index in [1.54, 1.807) is 18.2 Å². The van der Waals surface area contributed by atoms with Gasteiger partial charge in [0.1, 0.15) is 5.15 Å². The molecule has 0 bridgehead atoms. The molecule has 5 nitrogen and oxygen atoms in total. The number of carbonyl (C=O) groups is 2. The topological polar surface area (TPSA) is 79.3 Å². The number of carbonyl (C=O) groups excluding carboxylic acids is 1. The van der Waals surface area contributed by atoms with Gasteiger partial charge in [-0.2, -0.15) is 0 Å². The normalized spacial score (nSPS) is 10.1. The van der Waals surface area contributed by atoms with Gasteiger partial charge >= 0.3 is 5.97 Å². The minimum Gasteiger partial charge on any atom is -0.478 e. The average Bonchev–Trinajstić information content (AvgIpc) is 2.41. The van der Waals surface area contributed by atoms with Crippen LogP contribution in [0.25, 0.3) is 0 Å². The van der Waals surface area contributed by atoms with Gasteiger partial charge in [0.2, 0.25) is 0 Å². The highest BCUT2D eigenvalue weighted by molar-refractivity contribution is 9.10. The highest BCUT2D eigenvalue weighted by Gasteiger charge is 2.13. The zero-order valence-electron chi connectivity index (χ0n) is 9.93. The maximum Gasteiger partial charge on any atom is 0.336 e. The first kappa shape index (κ1) is 14.5. The van der Waals surface area contributed by atoms with Crippen molar-refractivity contribution in [1.82, 2.24) is 4.98 Å². The second-order valence-corrected chi connectivity index (χ2v) is 5.01. The molecule has 1 amide bonds. The summed E-state index contributed by atoms with van der Waals surface area (Å²) in [6.45, 7) is 0. The van der Waals surface area contributed by atoms with Crippen LogP contribution >= 0.6 is 27.5 Å². The highest BCUT2D eigenvalue weighted by atomic mass is 79.9. The number of amides is 1. The van der Waals surface area contributed by atoms with Crippen LogP contribution in [0.1, 0.15) is 20.7 Å². The number of aromatic carboxylic acids is 1. The number of benzene rings is 1. The van der Waals surface area contributed by atoms with Crippen LogP contribution in [0.4, 0.5) is 5.69 Å². The summed E-state index contributed by atoms with van der Waals surface area (Å²) >= 11 is 8.95. The second-order valence-electron chi connectivity index (χ2n) is 3.80. The Kier molecular flexibility index (Phi) is 4.36. The first-order chi connectivity index (χ1) is 9.49. The van der Waals surface area contributed by atoms with Crippen LogP contribution in [0.15, 0.2) is 41.0 Å². The molecular weight excluding hydrogens is 348 g/mol. The molecule has 0 atom stereocenters. The fourth-order valence-electron chi connectivity index (χ4n) is 1.52. The number of carboxylic acid groups (broad SMARTS) is 1. The van der Waals surface area contributed by atoms with Crippen molar-refractivity contribution in [2.75, 3.05) is 5.32 Å². The molecule has 0 aliphatic heterocycles. The van der Waals surface area contributed by atoms with Crippen molar-refractivity contribution in [3.05, 3.63) is 57.3 Å². The second kappa shape index (κ2) is 6.02. The van der Waals surface area contributed by atoms with Crippen LogP contribution in [0.5, 0.6) is 0 Å². The van der Waals surface area contributed by atoms with E-state index in [0.29, 0.717) is 10.2 Å². The summed E-state index contributed by atoms with van der Waals surface area (Å²) < 4.78 is 0.433. The summed E-state index contributed by atoms with van der Waals surface area (Å²) in [5.74, 6) is -1.55. The molecule has 0 radical (unpaired) electrons. The van der Waals surface area contributed by atoms with Crippen LogP contribution in [0.2, 0.25) is 5.15 Å². The molecule has 0 spiro atoms. The Morgan fingerprint density at radius 1 is 1.25 bits per heavy atom. The van der Waals surface area contributed by atoms with Crippen molar-refractivity contribution < 1.29 is 14.7 Å². The van der Waals surface area contributed by atoms with Crippen molar-refractivity contribution in [1.29, 1.82) is 0 Å². The van der Waals surface area contributed by atoms with E-state index in [1.165, 1.54) is 18.3 Å². The molecule has 0 fully saturated rings. The molecular formula is C13H8BrClN2O3. The lowest BCUT2D eigenvalue weighted by Gasteiger charge is -2.08. The Bertz CT molecular complexity index is 691. The first-order valence-corrected chi connectivity index (χ1v) is 6.61. The van der Waals surface area contributed by atoms with E-state index in [2.05, 4.69) is 26.2 Å². The zero-order chi connectivity index (χ0) is 14.7. The van der Waals surface area contributed by atoms with E-state index in [4.69, 9.17) is 16.7 Å². The minimum absolute atomic E-state index is 0.0556. The number of hydrogen-bond donors (Lipinski definition) is 2. The van der Waals surface area contributed by atoms with Gasteiger partial charge in [0, 0.05) is 16.4 Å². The van der Waals surface area contributed by atoms with Gasteiger partial charge in [-0.1, -0.05) is 11.6 Å². The summed E-state index contributed by atoms with van der Waals surface area (Å²) in [5, 5.41) is 11.7. The Morgan fingerprint density at radius 3 is 2.65 bits per heavy atom. The van der Waals surface area contributed by atoms with Gasteiger partial charge in [-0.25, -0.2) is 9.78 Å². The first-order valence-electron chi connectivity index (χ1n) is 5.44. The number of halogens is 2. The highest BCUT2D eigenvalue weighted by Crippen LogP contribution is 2.22. The molecule has 1 aromatic heterocycles. The third-order valence-corrected chi connectivity index (χ3v) is 3.45. The predicted octanol–water partition coefficient (Wildman–Crippen LogP) is 3.45. The SMILES string of the molecule is O=C(O)c1cc(NC(=O)c2cccnc2Cl)ccc1Br. The van der Waals surface area contributed by atoms with Gasteiger partial charge in [0.05, 0.1) is 11.1 Å². The number of nitrogens with one attached hydrogen (secondary N) is 1. The summed E-state index contributed by atoms with van der Waals surface area (Å²) in [5.41, 5.74) is 0.629. The van der Waals surface area contributed by atoms with Gasteiger partial charge in [0.25, 0.3) is 5.91 Å². The Balaban J connectivity index is 2.27.